The van der Waals surface area contributed by atoms with E-state index in [-0.39, 0.29) is 29.8 Å². The van der Waals surface area contributed by atoms with Gasteiger partial charge in [-0.1, -0.05) is 32.0 Å². The zero-order chi connectivity index (χ0) is 24.9. The number of nitrogens with one attached hydrogen (secondary N) is 1. The lowest BCUT2D eigenvalue weighted by molar-refractivity contribution is -0.124. The molecule has 9 heteroatoms. The zero-order valence-electron chi connectivity index (χ0n) is 20.4. The minimum absolute atomic E-state index is 0.0894. The number of rotatable bonds is 10. The van der Waals surface area contributed by atoms with Gasteiger partial charge in [0.1, 0.15) is 0 Å². The van der Waals surface area contributed by atoms with Crippen molar-refractivity contribution in [2.24, 2.45) is 11.8 Å². The summed E-state index contributed by atoms with van der Waals surface area (Å²) in [6.45, 7) is 4.98. The van der Waals surface area contributed by atoms with Crippen LogP contribution >= 0.6 is 0 Å². The lowest BCUT2D eigenvalue weighted by atomic mass is 9.87. The van der Waals surface area contributed by atoms with Crippen LogP contribution in [0.1, 0.15) is 31.7 Å². The third-order valence-electron chi connectivity index (χ3n) is 6.14. The summed E-state index contributed by atoms with van der Waals surface area (Å²) in [5.74, 6) is 0.702. The van der Waals surface area contributed by atoms with Crippen LogP contribution in [-0.4, -0.2) is 59.6 Å². The highest BCUT2D eigenvalue weighted by Crippen LogP contribution is 2.44. The Kier molecular flexibility index (Phi) is 8.43. The average molecular weight is 491 g/mol. The van der Waals surface area contributed by atoms with E-state index in [0.29, 0.717) is 29.7 Å². The molecule has 2 atom stereocenters. The van der Waals surface area contributed by atoms with Crippen molar-refractivity contribution in [3.05, 3.63) is 48.0 Å². The Morgan fingerprint density at radius 3 is 2.18 bits per heavy atom. The Morgan fingerprint density at radius 1 is 1.03 bits per heavy atom. The topological polar surface area (TPSA) is 94.2 Å². The summed E-state index contributed by atoms with van der Waals surface area (Å²) in [6.07, 6.45) is 0.847. The van der Waals surface area contributed by atoms with Crippen LogP contribution in [0.2, 0.25) is 0 Å². The number of hydrogen-bond donors (Lipinski definition) is 1. The number of benzene rings is 2. The van der Waals surface area contributed by atoms with Crippen molar-refractivity contribution < 1.29 is 27.4 Å². The van der Waals surface area contributed by atoms with Gasteiger partial charge in [0.25, 0.3) is 0 Å². The van der Waals surface area contributed by atoms with E-state index in [0.717, 1.165) is 12.0 Å². The molecule has 1 N–H and O–H groups in total. The van der Waals surface area contributed by atoms with E-state index in [4.69, 9.17) is 14.2 Å². The van der Waals surface area contributed by atoms with Crippen LogP contribution in [0, 0.1) is 11.8 Å². The molecule has 1 aliphatic rings. The third-order valence-corrected chi connectivity index (χ3v) is 7.99. The maximum atomic E-state index is 13.4. The molecule has 1 fully saturated rings. The van der Waals surface area contributed by atoms with Crippen molar-refractivity contribution in [1.82, 2.24) is 9.62 Å². The van der Waals surface area contributed by atoms with Crippen LogP contribution in [0.5, 0.6) is 17.2 Å². The molecule has 0 aromatic heterocycles. The van der Waals surface area contributed by atoms with E-state index in [2.05, 4.69) is 19.2 Å². The van der Waals surface area contributed by atoms with Gasteiger partial charge in [0.05, 0.1) is 32.1 Å². The highest BCUT2D eigenvalue weighted by molar-refractivity contribution is 7.89. The normalized spacial score (nSPS) is 18.6. The van der Waals surface area contributed by atoms with E-state index in [1.807, 2.05) is 0 Å². The first-order valence-corrected chi connectivity index (χ1v) is 12.8. The van der Waals surface area contributed by atoms with E-state index in [1.54, 1.807) is 42.5 Å². The first-order chi connectivity index (χ1) is 16.2. The van der Waals surface area contributed by atoms with E-state index < -0.39 is 15.9 Å². The average Bonchev–Trinajstić information content (AvgIpc) is 3.30. The van der Waals surface area contributed by atoms with Crippen LogP contribution in [0.4, 0.5) is 0 Å². The number of methoxy groups -OCH3 is 3. The zero-order valence-corrected chi connectivity index (χ0v) is 21.2. The second-order valence-electron chi connectivity index (χ2n) is 8.78. The summed E-state index contributed by atoms with van der Waals surface area (Å²) in [4.78, 5) is 13.4. The standard InChI is InChI=1S/C25H34N2O6S/c1-17(2)11-12-26-25(28)21-16-27(34(29,30)19-9-7-6-8-10-19)15-20(21)18-13-22(31-3)24(33-5)23(14-18)32-4/h6-10,13-14,17,20-21H,11-12,15-16H2,1-5H3,(H,26,28). The minimum Gasteiger partial charge on any atom is -0.493 e. The molecule has 2 aromatic carbocycles. The number of hydrogen-bond acceptors (Lipinski definition) is 6. The van der Waals surface area contributed by atoms with Crippen molar-refractivity contribution >= 4 is 15.9 Å². The maximum absolute atomic E-state index is 13.4. The van der Waals surface area contributed by atoms with Gasteiger partial charge in [0, 0.05) is 25.6 Å². The molecule has 2 unspecified atom stereocenters. The lowest BCUT2D eigenvalue weighted by Crippen LogP contribution is -2.36. The van der Waals surface area contributed by atoms with Gasteiger partial charge in [-0.05, 0) is 42.2 Å². The van der Waals surface area contributed by atoms with Gasteiger partial charge >= 0.3 is 0 Å². The largest absolute Gasteiger partial charge is 0.493 e. The second kappa shape index (κ2) is 11.1. The van der Waals surface area contributed by atoms with Crippen molar-refractivity contribution in [2.75, 3.05) is 41.0 Å². The Hall–Kier alpha value is -2.78. The molecule has 1 aliphatic heterocycles. The van der Waals surface area contributed by atoms with Gasteiger partial charge in [-0.15, -0.1) is 0 Å². The summed E-state index contributed by atoms with van der Waals surface area (Å²) < 4.78 is 44.5. The van der Waals surface area contributed by atoms with Crippen LogP contribution in [-0.2, 0) is 14.8 Å². The van der Waals surface area contributed by atoms with Gasteiger partial charge in [0.2, 0.25) is 21.7 Å². The molecule has 1 saturated heterocycles. The number of amides is 1. The highest BCUT2D eigenvalue weighted by atomic mass is 32.2. The quantitative estimate of drug-likeness (QED) is 0.549. The number of nitrogens with zero attached hydrogens (tertiary/aromatic N) is 1. The predicted octanol–water partition coefficient (Wildman–Crippen LogP) is 3.28. The molecule has 0 spiro atoms. The molecule has 8 nitrogen and oxygen atoms in total. The molecule has 0 aliphatic carbocycles. The molecule has 1 heterocycles. The molecule has 0 saturated carbocycles. The first kappa shape index (κ1) is 25.8. The Labute approximate surface area is 202 Å². The molecule has 3 rings (SSSR count). The van der Waals surface area contributed by atoms with Gasteiger partial charge in [-0.3, -0.25) is 4.79 Å². The highest BCUT2D eigenvalue weighted by Gasteiger charge is 2.44. The molecular weight excluding hydrogens is 456 g/mol. The predicted molar refractivity (Wildman–Crippen MR) is 130 cm³/mol. The SMILES string of the molecule is COc1cc(C2CN(S(=O)(=O)c3ccccc3)CC2C(=O)NCCC(C)C)cc(OC)c1OC. The van der Waals surface area contributed by atoms with E-state index in [1.165, 1.54) is 25.6 Å². The third kappa shape index (κ3) is 5.47. The first-order valence-electron chi connectivity index (χ1n) is 11.4. The monoisotopic (exact) mass is 490 g/mol. The molecule has 0 bridgehead atoms. The fourth-order valence-electron chi connectivity index (χ4n) is 4.24. The van der Waals surface area contributed by atoms with Gasteiger partial charge in [-0.25, -0.2) is 8.42 Å². The molecule has 0 radical (unpaired) electrons. The van der Waals surface area contributed by atoms with Gasteiger partial charge < -0.3 is 19.5 Å². The summed E-state index contributed by atoms with van der Waals surface area (Å²) in [6, 6.07) is 11.9. The molecule has 2 aromatic rings. The Bertz CT molecular complexity index is 1060. The lowest BCUT2D eigenvalue weighted by Gasteiger charge is -2.21. The number of carbonyl (C=O) groups is 1. The van der Waals surface area contributed by atoms with Crippen LogP contribution in [0.15, 0.2) is 47.4 Å². The molecule has 34 heavy (non-hydrogen) atoms. The number of sulfonamides is 1. The van der Waals surface area contributed by atoms with Crippen molar-refractivity contribution in [1.29, 1.82) is 0 Å². The smallest absolute Gasteiger partial charge is 0.243 e. The van der Waals surface area contributed by atoms with E-state index >= 15 is 0 Å². The summed E-state index contributed by atoms with van der Waals surface area (Å²) in [5, 5.41) is 3.00. The Balaban J connectivity index is 1.99. The van der Waals surface area contributed by atoms with Gasteiger partial charge in [0.15, 0.2) is 11.5 Å². The van der Waals surface area contributed by atoms with E-state index in [9.17, 15) is 13.2 Å². The molecule has 1 amide bonds. The Morgan fingerprint density at radius 2 is 1.65 bits per heavy atom. The fourth-order valence-corrected chi connectivity index (χ4v) is 5.75. The maximum Gasteiger partial charge on any atom is 0.243 e. The van der Waals surface area contributed by atoms with Crippen LogP contribution in [0.3, 0.4) is 0 Å². The van der Waals surface area contributed by atoms with Crippen LogP contribution in [0.25, 0.3) is 0 Å². The fraction of sp³-hybridized carbons (Fsp3) is 0.480. The molecular formula is C25H34N2O6S. The van der Waals surface area contributed by atoms with Crippen molar-refractivity contribution in [3.8, 4) is 17.2 Å². The van der Waals surface area contributed by atoms with Crippen molar-refractivity contribution in [2.45, 2.75) is 31.1 Å². The number of ether oxygens (including phenoxy) is 3. The van der Waals surface area contributed by atoms with Crippen molar-refractivity contribution in [3.63, 3.8) is 0 Å². The minimum atomic E-state index is -3.76. The van der Waals surface area contributed by atoms with Crippen LogP contribution < -0.4 is 19.5 Å². The second-order valence-corrected chi connectivity index (χ2v) is 10.7. The summed E-state index contributed by atoms with van der Waals surface area (Å²) in [5.41, 5.74) is 0.754. The number of carbonyl (C=O) groups excluding carboxylic acids is 1. The molecule has 186 valence electrons. The summed E-state index contributed by atoms with van der Waals surface area (Å²) >= 11 is 0. The van der Waals surface area contributed by atoms with Gasteiger partial charge in [-0.2, -0.15) is 4.31 Å². The summed E-state index contributed by atoms with van der Waals surface area (Å²) in [7, 11) is 0.816.